The Balaban J connectivity index is 3.71. The highest BCUT2D eigenvalue weighted by Crippen LogP contribution is 2.03. The molecule has 0 N–H and O–H groups in total. The third-order valence-electron chi connectivity index (χ3n) is 1.97. The molecule has 0 fully saturated rings. The second-order valence-electron chi connectivity index (χ2n) is 3.45. The molecule has 0 radical (unpaired) electrons. The van der Waals surface area contributed by atoms with E-state index in [2.05, 4.69) is 22.0 Å². The van der Waals surface area contributed by atoms with Crippen LogP contribution >= 0.6 is 15.9 Å². The van der Waals surface area contributed by atoms with Gasteiger partial charge in [-0.05, 0) is 19.8 Å². The van der Waals surface area contributed by atoms with Crippen molar-refractivity contribution in [3.8, 4) is 6.07 Å². The Hall–Kier alpha value is -0.560. The Labute approximate surface area is 94.2 Å². The van der Waals surface area contributed by atoms with Gasteiger partial charge in [0.25, 0.3) is 0 Å². The maximum Gasteiger partial charge on any atom is 0.222 e. The molecule has 0 aliphatic rings. The van der Waals surface area contributed by atoms with E-state index in [0.29, 0.717) is 13.0 Å². The molecular formula is C10H17BrN2O. The van der Waals surface area contributed by atoms with Crippen molar-refractivity contribution in [1.29, 1.82) is 5.26 Å². The summed E-state index contributed by atoms with van der Waals surface area (Å²) in [4.78, 5) is 13.1. The summed E-state index contributed by atoms with van der Waals surface area (Å²) in [5, 5.41) is 9.53. The maximum absolute atomic E-state index is 11.5. The first kappa shape index (κ1) is 13.4. The van der Waals surface area contributed by atoms with Crippen molar-refractivity contribution in [1.82, 2.24) is 4.90 Å². The van der Waals surface area contributed by atoms with Gasteiger partial charge >= 0.3 is 0 Å². The van der Waals surface area contributed by atoms with E-state index >= 15 is 0 Å². The van der Waals surface area contributed by atoms with Gasteiger partial charge in [-0.2, -0.15) is 5.26 Å². The molecule has 0 aliphatic carbocycles. The average molecular weight is 261 g/mol. The van der Waals surface area contributed by atoms with Crippen molar-refractivity contribution in [2.75, 3.05) is 18.9 Å². The lowest BCUT2D eigenvalue weighted by Gasteiger charge is -2.17. The van der Waals surface area contributed by atoms with Gasteiger partial charge < -0.3 is 4.90 Å². The number of carbonyl (C=O) groups is 1. The minimum absolute atomic E-state index is 0.0832. The third-order valence-corrected chi connectivity index (χ3v) is 2.53. The second kappa shape index (κ2) is 7.81. The smallest absolute Gasteiger partial charge is 0.222 e. The van der Waals surface area contributed by atoms with Crippen molar-refractivity contribution in [2.24, 2.45) is 5.92 Å². The summed E-state index contributed by atoms with van der Waals surface area (Å²) in [5.74, 6) is 0.0492. The first-order chi connectivity index (χ1) is 6.61. The van der Waals surface area contributed by atoms with Crippen molar-refractivity contribution < 1.29 is 4.79 Å². The number of halogens is 1. The normalized spacial score (nSPS) is 11.9. The molecule has 1 amide bonds. The summed E-state index contributed by atoms with van der Waals surface area (Å²) in [6.45, 7) is 2.35. The predicted molar refractivity (Wildman–Crippen MR) is 60.1 cm³/mol. The Morgan fingerprint density at radius 1 is 1.57 bits per heavy atom. The van der Waals surface area contributed by atoms with Crippen LogP contribution in [0, 0.1) is 17.2 Å². The van der Waals surface area contributed by atoms with E-state index in [1.54, 1.807) is 11.9 Å². The lowest BCUT2D eigenvalue weighted by molar-refractivity contribution is -0.130. The molecule has 0 aliphatic heterocycles. The molecule has 0 aromatic rings. The van der Waals surface area contributed by atoms with E-state index in [1.807, 2.05) is 6.92 Å². The van der Waals surface area contributed by atoms with Crippen molar-refractivity contribution in [3.63, 3.8) is 0 Å². The molecular weight excluding hydrogens is 244 g/mol. The summed E-state index contributed by atoms with van der Waals surface area (Å²) in [6.07, 6.45) is 2.52. The molecule has 14 heavy (non-hydrogen) atoms. The number of hydrogen-bond donors (Lipinski definition) is 0. The summed E-state index contributed by atoms with van der Waals surface area (Å²) in [5.41, 5.74) is 0. The molecule has 0 spiro atoms. The highest BCUT2D eigenvalue weighted by molar-refractivity contribution is 9.09. The topological polar surface area (TPSA) is 44.1 Å². The Morgan fingerprint density at radius 3 is 2.71 bits per heavy atom. The minimum Gasteiger partial charge on any atom is -0.344 e. The second-order valence-corrected chi connectivity index (χ2v) is 4.24. The highest BCUT2D eigenvalue weighted by Gasteiger charge is 2.10. The summed E-state index contributed by atoms with van der Waals surface area (Å²) in [6, 6.07) is 2.12. The number of alkyl halides is 1. The quantitative estimate of drug-likeness (QED) is 0.543. The highest BCUT2D eigenvalue weighted by atomic mass is 79.9. The zero-order chi connectivity index (χ0) is 11.0. The van der Waals surface area contributed by atoms with Crippen LogP contribution in [0.1, 0.15) is 26.2 Å². The molecule has 0 aromatic carbocycles. The molecule has 0 rings (SSSR count). The number of nitrogens with zero attached hydrogens (tertiary/aromatic N) is 2. The van der Waals surface area contributed by atoms with Gasteiger partial charge in [0, 0.05) is 25.3 Å². The molecule has 80 valence electrons. The molecule has 0 aromatic heterocycles. The number of amides is 1. The van der Waals surface area contributed by atoms with E-state index < -0.39 is 0 Å². The predicted octanol–water partition coefficient (Wildman–Crippen LogP) is 2.17. The average Bonchev–Trinajstić information content (AvgIpc) is 2.17. The Morgan fingerprint density at radius 2 is 2.21 bits per heavy atom. The number of nitriles is 1. The maximum atomic E-state index is 11.5. The van der Waals surface area contributed by atoms with Crippen molar-refractivity contribution >= 4 is 21.8 Å². The minimum atomic E-state index is -0.0832. The molecule has 1 unspecified atom stereocenters. The number of unbranched alkanes of at least 4 members (excludes halogenated alkanes) is 1. The first-order valence-corrected chi connectivity index (χ1v) is 5.93. The van der Waals surface area contributed by atoms with Crippen LogP contribution in [0.3, 0.4) is 0 Å². The van der Waals surface area contributed by atoms with E-state index in [0.717, 1.165) is 18.2 Å². The van der Waals surface area contributed by atoms with Crippen LogP contribution in [-0.4, -0.2) is 29.7 Å². The van der Waals surface area contributed by atoms with Gasteiger partial charge in [0.15, 0.2) is 0 Å². The van der Waals surface area contributed by atoms with Gasteiger partial charge in [0.1, 0.15) is 0 Å². The summed E-state index contributed by atoms with van der Waals surface area (Å²) < 4.78 is 0. The number of rotatable bonds is 6. The molecule has 0 bridgehead atoms. The van der Waals surface area contributed by atoms with Gasteiger partial charge in [-0.1, -0.05) is 15.9 Å². The molecule has 0 heterocycles. The Kier molecular flexibility index (Phi) is 7.50. The van der Waals surface area contributed by atoms with E-state index in [9.17, 15) is 4.79 Å². The van der Waals surface area contributed by atoms with Crippen LogP contribution in [-0.2, 0) is 4.79 Å². The SMILES string of the molecule is CC(C#N)CN(C)C(=O)CCCCBr. The molecule has 1 atom stereocenters. The van der Waals surface area contributed by atoms with Crippen molar-refractivity contribution in [2.45, 2.75) is 26.2 Å². The lowest BCUT2D eigenvalue weighted by atomic mass is 10.2. The lowest BCUT2D eigenvalue weighted by Crippen LogP contribution is -2.30. The van der Waals surface area contributed by atoms with Crippen LogP contribution < -0.4 is 0 Å². The standard InChI is InChI=1S/C10H17BrN2O/c1-9(7-12)8-13(2)10(14)5-3-4-6-11/h9H,3-6,8H2,1-2H3. The first-order valence-electron chi connectivity index (χ1n) is 4.81. The number of hydrogen-bond acceptors (Lipinski definition) is 2. The van der Waals surface area contributed by atoms with Crippen molar-refractivity contribution in [3.05, 3.63) is 0 Å². The van der Waals surface area contributed by atoms with Crippen LogP contribution in [0.5, 0.6) is 0 Å². The summed E-state index contributed by atoms with van der Waals surface area (Å²) >= 11 is 3.32. The zero-order valence-electron chi connectivity index (χ0n) is 8.79. The molecule has 4 heteroatoms. The fraction of sp³-hybridized carbons (Fsp3) is 0.800. The fourth-order valence-corrected chi connectivity index (χ4v) is 1.51. The van der Waals surface area contributed by atoms with Crippen LogP contribution in [0.2, 0.25) is 0 Å². The van der Waals surface area contributed by atoms with E-state index in [-0.39, 0.29) is 11.8 Å². The van der Waals surface area contributed by atoms with Crippen LogP contribution in [0.25, 0.3) is 0 Å². The molecule has 0 saturated carbocycles. The largest absolute Gasteiger partial charge is 0.344 e. The number of carbonyl (C=O) groups excluding carboxylic acids is 1. The third kappa shape index (κ3) is 5.98. The van der Waals surface area contributed by atoms with Crippen LogP contribution in [0.4, 0.5) is 0 Å². The van der Waals surface area contributed by atoms with Gasteiger partial charge in [0.2, 0.25) is 5.91 Å². The zero-order valence-corrected chi connectivity index (χ0v) is 10.4. The van der Waals surface area contributed by atoms with Gasteiger partial charge in [-0.3, -0.25) is 4.79 Å². The summed E-state index contributed by atoms with van der Waals surface area (Å²) in [7, 11) is 1.75. The van der Waals surface area contributed by atoms with E-state index in [4.69, 9.17) is 5.26 Å². The fourth-order valence-electron chi connectivity index (χ4n) is 1.12. The Bertz CT molecular complexity index is 213. The van der Waals surface area contributed by atoms with Gasteiger partial charge in [-0.25, -0.2) is 0 Å². The molecule has 0 saturated heterocycles. The van der Waals surface area contributed by atoms with Crippen LogP contribution in [0.15, 0.2) is 0 Å². The van der Waals surface area contributed by atoms with E-state index in [1.165, 1.54) is 0 Å². The molecule has 3 nitrogen and oxygen atoms in total. The van der Waals surface area contributed by atoms with Gasteiger partial charge in [0.05, 0.1) is 12.0 Å². The van der Waals surface area contributed by atoms with Gasteiger partial charge in [-0.15, -0.1) is 0 Å². The monoisotopic (exact) mass is 260 g/mol.